The van der Waals surface area contributed by atoms with E-state index in [2.05, 4.69) is 12.2 Å². The molecule has 0 aliphatic rings. The summed E-state index contributed by atoms with van der Waals surface area (Å²) in [7, 11) is 1.70. The Morgan fingerprint density at radius 3 is 2.60 bits per heavy atom. The fourth-order valence-electron chi connectivity index (χ4n) is 1.83. The first-order valence-corrected chi connectivity index (χ1v) is 7.75. The highest BCUT2D eigenvalue weighted by molar-refractivity contribution is 6.35. The average molecular weight is 320 g/mol. The van der Waals surface area contributed by atoms with Crippen LogP contribution in [0.25, 0.3) is 0 Å². The first kappa shape index (κ1) is 17.6. The van der Waals surface area contributed by atoms with Gasteiger partial charge in [-0.05, 0) is 37.9 Å². The van der Waals surface area contributed by atoms with Crippen molar-refractivity contribution in [2.24, 2.45) is 0 Å². The van der Waals surface area contributed by atoms with Crippen LogP contribution in [0.4, 0.5) is 0 Å². The second kappa shape index (κ2) is 10.3. The van der Waals surface area contributed by atoms with Crippen molar-refractivity contribution >= 4 is 23.2 Å². The standard InChI is InChI=1S/C15H23Cl2NO2/c1-3-6-18-11-12-9-13(16)10-14(17)15(12)20-8-5-4-7-19-2/h9-10,18H,3-8,11H2,1-2H3. The third-order valence-electron chi connectivity index (χ3n) is 2.82. The van der Waals surface area contributed by atoms with Crippen LogP contribution in [-0.4, -0.2) is 26.9 Å². The van der Waals surface area contributed by atoms with Crippen LogP contribution in [0.2, 0.25) is 10.0 Å². The molecule has 0 saturated heterocycles. The molecule has 0 aliphatic carbocycles. The molecule has 20 heavy (non-hydrogen) atoms. The maximum absolute atomic E-state index is 6.23. The number of unbranched alkanes of at least 4 members (excludes halogenated alkanes) is 1. The van der Waals surface area contributed by atoms with E-state index in [0.717, 1.165) is 43.7 Å². The van der Waals surface area contributed by atoms with Crippen LogP contribution < -0.4 is 10.1 Å². The SMILES string of the molecule is CCCNCc1cc(Cl)cc(Cl)c1OCCCCOC. The Kier molecular flexibility index (Phi) is 9.03. The maximum atomic E-state index is 6.23. The zero-order valence-electron chi connectivity index (χ0n) is 12.2. The molecule has 0 spiro atoms. The number of nitrogens with one attached hydrogen (secondary N) is 1. The molecule has 114 valence electrons. The number of ether oxygens (including phenoxy) is 2. The molecule has 1 rings (SSSR count). The molecular weight excluding hydrogens is 297 g/mol. The minimum Gasteiger partial charge on any atom is -0.492 e. The van der Waals surface area contributed by atoms with Gasteiger partial charge in [-0.15, -0.1) is 0 Å². The molecule has 0 radical (unpaired) electrons. The van der Waals surface area contributed by atoms with Crippen molar-refractivity contribution in [1.82, 2.24) is 5.32 Å². The van der Waals surface area contributed by atoms with E-state index in [1.807, 2.05) is 6.07 Å². The smallest absolute Gasteiger partial charge is 0.142 e. The number of hydrogen-bond acceptors (Lipinski definition) is 3. The Morgan fingerprint density at radius 2 is 1.90 bits per heavy atom. The van der Waals surface area contributed by atoms with Crippen molar-refractivity contribution in [3.8, 4) is 5.75 Å². The van der Waals surface area contributed by atoms with Gasteiger partial charge in [0.1, 0.15) is 5.75 Å². The van der Waals surface area contributed by atoms with Crippen LogP contribution in [0.1, 0.15) is 31.7 Å². The van der Waals surface area contributed by atoms with Crippen LogP contribution in [-0.2, 0) is 11.3 Å². The lowest BCUT2D eigenvalue weighted by molar-refractivity contribution is 0.184. The first-order valence-electron chi connectivity index (χ1n) is 6.99. The molecule has 0 heterocycles. The monoisotopic (exact) mass is 319 g/mol. The van der Waals surface area contributed by atoms with Crippen LogP contribution in [0.15, 0.2) is 12.1 Å². The van der Waals surface area contributed by atoms with Crippen molar-refractivity contribution in [3.63, 3.8) is 0 Å². The maximum Gasteiger partial charge on any atom is 0.142 e. The average Bonchev–Trinajstić information content (AvgIpc) is 2.41. The summed E-state index contributed by atoms with van der Waals surface area (Å²) in [6.07, 6.45) is 3.00. The summed E-state index contributed by atoms with van der Waals surface area (Å²) in [4.78, 5) is 0. The van der Waals surface area contributed by atoms with Crippen LogP contribution in [0, 0.1) is 0 Å². The summed E-state index contributed by atoms with van der Waals surface area (Å²) in [5, 5.41) is 4.54. The number of hydrogen-bond donors (Lipinski definition) is 1. The first-order chi connectivity index (χ1) is 9.69. The van der Waals surface area contributed by atoms with Crippen LogP contribution in [0.3, 0.4) is 0 Å². The molecule has 0 aliphatic heterocycles. The second-order valence-corrected chi connectivity index (χ2v) is 5.44. The summed E-state index contributed by atoms with van der Waals surface area (Å²) in [5.74, 6) is 0.733. The van der Waals surface area contributed by atoms with Gasteiger partial charge in [-0.25, -0.2) is 0 Å². The highest BCUT2D eigenvalue weighted by atomic mass is 35.5. The largest absolute Gasteiger partial charge is 0.492 e. The van der Waals surface area contributed by atoms with Gasteiger partial charge in [0.05, 0.1) is 11.6 Å². The molecular formula is C15H23Cl2NO2. The third kappa shape index (κ3) is 6.31. The van der Waals surface area contributed by atoms with Crippen molar-refractivity contribution in [2.45, 2.75) is 32.7 Å². The Morgan fingerprint density at radius 1 is 1.15 bits per heavy atom. The van der Waals surface area contributed by atoms with Gasteiger partial charge in [-0.2, -0.15) is 0 Å². The van der Waals surface area contributed by atoms with E-state index in [1.54, 1.807) is 13.2 Å². The van der Waals surface area contributed by atoms with Gasteiger partial charge in [0.15, 0.2) is 0 Å². The second-order valence-electron chi connectivity index (χ2n) is 4.60. The predicted molar refractivity (Wildman–Crippen MR) is 85.1 cm³/mol. The van der Waals surface area contributed by atoms with Crippen molar-refractivity contribution in [1.29, 1.82) is 0 Å². The predicted octanol–water partition coefficient (Wildman–Crippen LogP) is 4.30. The fourth-order valence-corrected chi connectivity index (χ4v) is 2.42. The summed E-state index contributed by atoms with van der Waals surface area (Å²) < 4.78 is 10.8. The molecule has 0 unspecified atom stereocenters. The van der Waals surface area contributed by atoms with E-state index in [0.29, 0.717) is 23.2 Å². The van der Waals surface area contributed by atoms with Gasteiger partial charge in [-0.1, -0.05) is 30.1 Å². The summed E-state index contributed by atoms with van der Waals surface area (Å²) in [6, 6.07) is 3.62. The lowest BCUT2D eigenvalue weighted by atomic mass is 10.2. The lowest BCUT2D eigenvalue weighted by Gasteiger charge is -2.14. The Labute approximate surface area is 131 Å². The molecule has 1 N–H and O–H groups in total. The molecule has 1 aromatic carbocycles. The normalized spacial score (nSPS) is 10.8. The molecule has 5 heteroatoms. The summed E-state index contributed by atoms with van der Waals surface area (Å²) in [5.41, 5.74) is 1.00. The quantitative estimate of drug-likeness (QED) is 0.652. The van der Waals surface area contributed by atoms with Crippen molar-refractivity contribution in [3.05, 3.63) is 27.7 Å². The van der Waals surface area contributed by atoms with Gasteiger partial charge >= 0.3 is 0 Å². The Hall–Kier alpha value is -0.480. The lowest BCUT2D eigenvalue weighted by Crippen LogP contribution is -2.15. The zero-order chi connectivity index (χ0) is 14.8. The van der Waals surface area contributed by atoms with E-state index in [4.69, 9.17) is 32.7 Å². The highest BCUT2D eigenvalue weighted by Crippen LogP contribution is 2.32. The van der Waals surface area contributed by atoms with Gasteiger partial charge in [0.25, 0.3) is 0 Å². The van der Waals surface area contributed by atoms with Gasteiger partial charge in [0.2, 0.25) is 0 Å². The van der Waals surface area contributed by atoms with Crippen molar-refractivity contribution in [2.75, 3.05) is 26.9 Å². The minimum atomic E-state index is 0.567. The minimum absolute atomic E-state index is 0.567. The molecule has 0 aromatic heterocycles. The zero-order valence-corrected chi connectivity index (χ0v) is 13.7. The number of benzene rings is 1. The molecule has 0 fully saturated rings. The van der Waals surface area contributed by atoms with Gasteiger partial charge in [0, 0.05) is 30.8 Å². The summed E-state index contributed by atoms with van der Waals surface area (Å²) >= 11 is 12.3. The third-order valence-corrected chi connectivity index (χ3v) is 3.32. The Balaban J connectivity index is 2.61. The topological polar surface area (TPSA) is 30.5 Å². The number of halogens is 2. The van der Waals surface area contributed by atoms with E-state index < -0.39 is 0 Å². The number of rotatable bonds is 10. The molecule has 0 atom stereocenters. The molecule has 1 aromatic rings. The van der Waals surface area contributed by atoms with Crippen LogP contribution in [0.5, 0.6) is 5.75 Å². The molecule has 0 bridgehead atoms. The molecule has 3 nitrogen and oxygen atoms in total. The van der Waals surface area contributed by atoms with Gasteiger partial charge < -0.3 is 14.8 Å². The molecule has 0 saturated carbocycles. The highest BCUT2D eigenvalue weighted by Gasteiger charge is 2.10. The van der Waals surface area contributed by atoms with Crippen molar-refractivity contribution < 1.29 is 9.47 Å². The molecule has 0 amide bonds. The van der Waals surface area contributed by atoms with Gasteiger partial charge in [-0.3, -0.25) is 0 Å². The summed E-state index contributed by atoms with van der Waals surface area (Å²) in [6.45, 7) is 5.18. The Bertz CT molecular complexity index is 400. The number of methoxy groups -OCH3 is 1. The van der Waals surface area contributed by atoms with E-state index >= 15 is 0 Å². The van der Waals surface area contributed by atoms with E-state index in [-0.39, 0.29) is 0 Å². The van der Waals surface area contributed by atoms with E-state index in [9.17, 15) is 0 Å². The van der Waals surface area contributed by atoms with E-state index in [1.165, 1.54) is 0 Å². The van der Waals surface area contributed by atoms with Crippen LogP contribution >= 0.6 is 23.2 Å². The fraction of sp³-hybridized carbons (Fsp3) is 0.600.